The molecule has 0 amide bonds. The van der Waals surface area contributed by atoms with Gasteiger partial charge in [0.1, 0.15) is 23.9 Å². The normalized spacial score (nSPS) is 24.5. The van der Waals surface area contributed by atoms with Crippen LogP contribution in [-0.2, 0) is 6.42 Å². The van der Waals surface area contributed by atoms with Gasteiger partial charge in [0.15, 0.2) is 11.6 Å². The van der Waals surface area contributed by atoms with Gasteiger partial charge in [-0.25, -0.2) is 15.0 Å². The Morgan fingerprint density at radius 2 is 2.12 bits per heavy atom. The lowest BCUT2D eigenvalue weighted by Gasteiger charge is -2.24. The van der Waals surface area contributed by atoms with Crippen molar-refractivity contribution in [2.45, 2.75) is 50.9 Å². The van der Waals surface area contributed by atoms with Crippen LogP contribution in [0.1, 0.15) is 37.8 Å². The number of aromatic nitrogens is 4. The van der Waals surface area contributed by atoms with Gasteiger partial charge in [-0.2, -0.15) is 0 Å². The van der Waals surface area contributed by atoms with Crippen LogP contribution in [0.4, 0.5) is 11.6 Å². The number of hydrogen-bond acceptors (Lipinski definition) is 7. The maximum atomic E-state index is 10.8. The third-order valence-corrected chi connectivity index (χ3v) is 7.06. The molecule has 6 rings (SSSR count). The van der Waals surface area contributed by atoms with Gasteiger partial charge in [-0.15, -0.1) is 0 Å². The van der Waals surface area contributed by atoms with Gasteiger partial charge in [0, 0.05) is 11.6 Å². The lowest BCUT2D eigenvalue weighted by atomic mass is 9.97. The molecule has 1 aliphatic carbocycles. The molecule has 4 aromatic rings. The van der Waals surface area contributed by atoms with Crippen molar-refractivity contribution in [3.8, 4) is 5.75 Å². The van der Waals surface area contributed by atoms with E-state index in [0.29, 0.717) is 11.7 Å². The smallest absolute Gasteiger partial charge is 0.169 e. The molecule has 1 saturated carbocycles. The molecule has 0 unspecified atom stereocenters. The van der Waals surface area contributed by atoms with Crippen molar-refractivity contribution in [2.75, 3.05) is 17.6 Å². The average Bonchev–Trinajstić information content (AvgIpc) is 3.40. The molecule has 0 spiro atoms. The van der Waals surface area contributed by atoms with Crippen LogP contribution >= 0.6 is 0 Å². The number of nitrogens with one attached hydrogen (secondary N) is 1. The Balaban J connectivity index is 1.16. The highest BCUT2D eigenvalue weighted by Gasteiger charge is 2.34. The largest absolute Gasteiger partial charge is 0.485 e. The summed E-state index contributed by atoms with van der Waals surface area (Å²) in [5.41, 5.74) is 9.03. The van der Waals surface area contributed by atoms with Gasteiger partial charge in [0.25, 0.3) is 0 Å². The zero-order chi connectivity index (χ0) is 22.5. The fourth-order valence-electron chi connectivity index (χ4n) is 5.32. The molecule has 1 aliphatic heterocycles. The van der Waals surface area contributed by atoms with E-state index in [1.807, 2.05) is 12.3 Å². The second-order valence-corrected chi connectivity index (χ2v) is 9.40. The molecule has 4 heterocycles. The number of hydrogen-bond donors (Lipinski definition) is 3. The van der Waals surface area contributed by atoms with Gasteiger partial charge in [-0.1, -0.05) is 12.1 Å². The number of nitrogen functional groups attached to an aromatic ring is 1. The van der Waals surface area contributed by atoms with Crippen LogP contribution in [0.25, 0.3) is 21.9 Å². The van der Waals surface area contributed by atoms with E-state index < -0.39 is 0 Å². The maximum absolute atomic E-state index is 10.8. The van der Waals surface area contributed by atoms with E-state index in [2.05, 4.69) is 51.0 Å². The summed E-state index contributed by atoms with van der Waals surface area (Å²) in [4.78, 5) is 13.3. The molecular weight excluding hydrogens is 416 g/mol. The first kappa shape index (κ1) is 20.2. The van der Waals surface area contributed by atoms with E-state index >= 15 is 0 Å². The van der Waals surface area contributed by atoms with Crippen molar-refractivity contribution in [1.82, 2.24) is 19.5 Å². The van der Waals surface area contributed by atoms with Crippen LogP contribution in [0.3, 0.4) is 0 Å². The third kappa shape index (κ3) is 3.64. The molecule has 8 nitrogen and oxygen atoms in total. The zero-order valence-electron chi connectivity index (χ0n) is 18.6. The monoisotopic (exact) mass is 444 g/mol. The van der Waals surface area contributed by atoms with Gasteiger partial charge < -0.3 is 25.5 Å². The minimum absolute atomic E-state index is 0.0139. The standard InChI is InChI=1S/C25H28N6O2/c1-14-12-27-24-22(33-14)11-17-5-4-15(8-19(17)30-24)2-3-16-9-20(21(32)10-16)31-7-6-18-23(26)28-13-29-25(18)31/h4-8,11,13-14,16,20-21,32H,2-3,9-10,12H2,1H3,(H,27,30)(H2,26,28,29)/t14-,16+,20-,21-/m1/s1. The quantitative estimate of drug-likeness (QED) is 0.440. The van der Waals surface area contributed by atoms with Gasteiger partial charge >= 0.3 is 0 Å². The van der Waals surface area contributed by atoms with Crippen molar-refractivity contribution >= 4 is 33.6 Å². The molecule has 4 atom stereocenters. The topological polar surface area (TPSA) is 111 Å². The van der Waals surface area contributed by atoms with Crippen molar-refractivity contribution in [2.24, 2.45) is 5.92 Å². The Morgan fingerprint density at radius 1 is 1.21 bits per heavy atom. The first-order chi connectivity index (χ1) is 16.0. The number of aliphatic hydroxyl groups excluding tert-OH is 1. The molecule has 0 radical (unpaired) electrons. The highest BCUT2D eigenvalue weighted by molar-refractivity contribution is 5.86. The van der Waals surface area contributed by atoms with E-state index in [0.717, 1.165) is 65.7 Å². The van der Waals surface area contributed by atoms with Gasteiger partial charge in [0.05, 0.1) is 29.6 Å². The predicted molar refractivity (Wildman–Crippen MR) is 128 cm³/mol. The van der Waals surface area contributed by atoms with Crippen LogP contribution in [0, 0.1) is 5.92 Å². The molecule has 0 bridgehead atoms. The number of anilines is 2. The number of aliphatic hydroxyl groups is 1. The number of nitrogens with two attached hydrogens (primary N) is 1. The van der Waals surface area contributed by atoms with Crippen molar-refractivity contribution < 1.29 is 9.84 Å². The number of pyridine rings is 1. The summed E-state index contributed by atoms with van der Waals surface area (Å²) in [5.74, 6) is 2.57. The lowest BCUT2D eigenvalue weighted by molar-refractivity contribution is 0.136. The molecule has 1 fully saturated rings. The minimum atomic E-state index is -0.389. The van der Waals surface area contributed by atoms with E-state index in [1.54, 1.807) is 0 Å². The van der Waals surface area contributed by atoms with Crippen LogP contribution in [0.15, 0.2) is 42.9 Å². The van der Waals surface area contributed by atoms with E-state index in [9.17, 15) is 5.11 Å². The van der Waals surface area contributed by atoms with Gasteiger partial charge in [0.2, 0.25) is 0 Å². The van der Waals surface area contributed by atoms with Crippen LogP contribution in [-0.4, -0.2) is 43.4 Å². The van der Waals surface area contributed by atoms with Crippen LogP contribution in [0.2, 0.25) is 0 Å². The first-order valence-electron chi connectivity index (χ1n) is 11.6. The molecular formula is C25H28N6O2. The first-order valence-corrected chi connectivity index (χ1v) is 11.6. The molecule has 3 aromatic heterocycles. The fourth-order valence-corrected chi connectivity index (χ4v) is 5.32. The predicted octanol–water partition coefficient (Wildman–Crippen LogP) is 3.70. The van der Waals surface area contributed by atoms with Gasteiger partial charge in [-0.3, -0.25) is 0 Å². The maximum Gasteiger partial charge on any atom is 0.169 e. The Morgan fingerprint density at radius 3 is 3.03 bits per heavy atom. The molecule has 1 aromatic carbocycles. The summed E-state index contributed by atoms with van der Waals surface area (Å²) in [6, 6.07) is 10.5. The average molecular weight is 445 g/mol. The lowest BCUT2D eigenvalue weighted by Crippen LogP contribution is -2.28. The summed E-state index contributed by atoms with van der Waals surface area (Å²) in [7, 11) is 0. The summed E-state index contributed by atoms with van der Waals surface area (Å²) >= 11 is 0. The molecule has 0 saturated heterocycles. The second-order valence-electron chi connectivity index (χ2n) is 9.40. The van der Waals surface area contributed by atoms with Crippen molar-refractivity contribution in [3.05, 3.63) is 48.4 Å². The summed E-state index contributed by atoms with van der Waals surface area (Å²) in [6.45, 7) is 2.82. The second kappa shape index (κ2) is 7.88. The molecule has 4 N–H and O–H groups in total. The number of aryl methyl sites for hydroxylation is 1. The van der Waals surface area contributed by atoms with E-state index in [1.165, 1.54) is 11.9 Å². The Bertz CT molecular complexity index is 1340. The van der Waals surface area contributed by atoms with Crippen molar-refractivity contribution in [1.29, 1.82) is 0 Å². The molecule has 2 aliphatic rings. The Hall–Kier alpha value is -3.39. The van der Waals surface area contributed by atoms with Crippen LogP contribution < -0.4 is 15.8 Å². The third-order valence-electron chi connectivity index (χ3n) is 7.06. The van der Waals surface area contributed by atoms with E-state index in [4.69, 9.17) is 15.5 Å². The molecule has 170 valence electrons. The highest BCUT2D eigenvalue weighted by Crippen LogP contribution is 2.39. The number of benzene rings is 1. The van der Waals surface area contributed by atoms with Gasteiger partial charge in [-0.05, 0) is 62.3 Å². The molecule has 8 heteroatoms. The molecule has 33 heavy (non-hydrogen) atoms. The summed E-state index contributed by atoms with van der Waals surface area (Å²) in [6.07, 6.45) is 6.92. The number of rotatable bonds is 4. The summed E-state index contributed by atoms with van der Waals surface area (Å²) in [5, 5.41) is 16.1. The fraction of sp³-hybridized carbons (Fsp3) is 0.400. The summed E-state index contributed by atoms with van der Waals surface area (Å²) < 4.78 is 7.97. The minimum Gasteiger partial charge on any atom is -0.485 e. The van der Waals surface area contributed by atoms with Crippen molar-refractivity contribution in [3.63, 3.8) is 0 Å². The Labute approximate surface area is 191 Å². The zero-order valence-corrected chi connectivity index (χ0v) is 18.6. The SMILES string of the molecule is C[C@@H]1CNc2nc3cc(CC[C@@H]4C[C@@H](O)[C@H](n5ccc6c(N)ncnc65)C4)ccc3cc2O1. The number of ether oxygens (including phenoxy) is 1. The van der Waals surface area contributed by atoms with Crippen LogP contribution in [0.5, 0.6) is 5.75 Å². The Kier molecular flexibility index (Phi) is 4.83. The number of nitrogens with zero attached hydrogens (tertiary/aromatic N) is 4. The van der Waals surface area contributed by atoms with E-state index in [-0.39, 0.29) is 18.2 Å². The highest BCUT2D eigenvalue weighted by atomic mass is 16.5. The number of fused-ring (bicyclic) bond motifs is 3.